The molecule has 3 heteroatoms. The second kappa shape index (κ2) is 4.55. The standard InChI is InChI=1S/C12H15NO2/c13-11(9-4-2-1-3-5-9)12(14)10-6-7-15-8-10/h1-5,10-11H,6-8,13H2. The van der Waals surface area contributed by atoms with Crippen molar-refractivity contribution < 1.29 is 9.53 Å². The number of nitrogens with two attached hydrogens (primary N) is 1. The Hall–Kier alpha value is -1.19. The molecule has 2 rings (SSSR count). The van der Waals surface area contributed by atoms with E-state index in [2.05, 4.69) is 0 Å². The minimum Gasteiger partial charge on any atom is -0.381 e. The topological polar surface area (TPSA) is 52.3 Å². The van der Waals surface area contributed by atoms with Gasteiger partial charge < -0.3 is 10.5 Å². The summed E-state index contributed by atoms with van der Waals surface area (Å²) in [5, 5.41) is 0. The average Bonchev–Trinajstić information content (AvgIpc) is 2.82. The maximum atomic E-state index is 11.9. The molecule has 2 unspecified atom stereocenters. The molecule has 2 N–H and O–H groups in total. The van der Waals surface area contributed by atoms with Crippen LogP contribution in [0.5, 0.6) is 0 Å². The first-order valence-corrected chi connectivity index (χ1v) is 5.21. The van der Waals surface area contributed by atoms with E-state index in [1.165, 1.54) is 0 Å². The molecule has 0 radical (unpaired) electrons. The normalized spacial score (nSPS) is 22.6. The molecule has 1 saturated heterocycles. The molecular formula is C12H15NO2. The van der Waals surface area contributed by atoms with E-state index in [9.17, 15) is 4.79 Å². The number of ether oxygens (including phenoxy) is 1. The minimum atomic E-state index is -0.502. The first kappa shape index (κ1) is 10.3. The monoisotopic (exact) mass is 205 g/mol. The van der Waals surface area contributed by atoms with Crippen LogP contribution in [0, 0.1) is 5.92 Å². The predicted octanol–water partition coefficient (Wildman–Crippen LogP) is 1.29. The molecule has 0 amide bonds. The number of carbonyl (C=O) groups is 1. The molecule has 0 aliphatic carbocycles. The molecule has 0 aromatic heterocycles. The minimum absolute atomic E-state index is 0.0137. The highest BCUT2D eigenvalue weighted by Crippen LogP contribution is 2.21. The van der Waals surface area contributed by atoms with Crippen LogP contribution in [0.15, 0.2) is 30.3 Å². The van der Waals surface area contributed by atoms with E-state index in [1.807, 2.05) is 30.3 Å². The van der Waals surface area contributed by atoms with Crippen molar-refractivity contribution in [3.05, 3.63) is 35.9 Å². The van der Waals surface area contributed by atoms with Crippen LogP contribution in [0.25, 0.3) is 0 Å². The lowest BCUT2D eigenvalue weighted by Gasteiger charge is -2.14. The molecule has 1 aliphatic rings. The summed E-state index contributed by atoms with van der Waals surface area (Å²) in [6.45, 7) is 1.21. The lowest BCUT2D eigenvalue weighted by Crippen LogP contribution is -2.28. The lowest BCUT2D eigenvalue weighted by atomic mass is 9.93. The zero-order chi connectivity index (χ0) is 10.7. The SMILES string of the molecule is NC(C(=O)C1CCOC1)c1ccccc1. The average molecular weight is 205 g/mol. The molecule has 0 spiro atoms. The highest BCUT2D eigenvalue weighted by Gasteiger charge is 2.28. The Balaban J connectivity index is 2.07. The van der Waals surface area contributed by atoms with Crippen LogP contribution in [-0.4, -0.2) is 19.0 Å². The van der Waals surface area contributed by atoms with Gasteiger partial charge in [0, 0.05) is 12.5 Å². The van der Waals surface area contributed by atoms with Crippen molar-refractivity contribution in [2.24, 2.45) is 11.7 Å². The number of Topliss-reactive ketones (excluding diaryl/α,β-unsaturated/α-hetero) is 1. The van der Waals surface area contributed by atoms with E-state index >= 15 is 0 Å². The zero-order valence-electron chi connectivity index (χ0n) is 8.56. The maximum Gasteiger partial charge on any atom is 0.159 e. The summed E-state index contributed by atoms with van der Waals surface area (Å²) >= 11 is 0. The number of ketones is 1. The highest BCUT2D eigenvalue weighted by atomic mass is 16.5. The third kappa shape index (κ3) is 2.25. The molecule has 1 heterocycles. The van der Waals surface area contributed by atoms with Crippen molar-refractivity contribution in [1.29, 1.82) is 0 Å². The van der Waals surface area contributed by atoms with E-state index < -0.39 is 6.04 Å². The van der Waals surface area contributed by atoms with E-state index in [4.69, 9.17) is 10.5 Å². The van der Waals surface area contributed by atoms with Gasteiger partial charge in [0.05, 0.1) is 12.6 Å². The Kier molecular flexibility index (Phi) is 3.14. The lowest BCUT2D eigenvalue weighted by molar-refractivity contribution is -0.124. The van der Waals surface area contributed by atoms with Gasteiger partial charge in [-0.1, -0.05) is 30.3 Å². The van der Waals surface area contributed by atoms with Crippen molar-refractivity contribution >= 4 is 5.78 Å². The van der Waals surface area contributed by atoms with Crippen molar-refractivity contribution in [1.82, 2.24) is 0 Å². The smallest absolute Gasteiger partial charge is 0.159 e. The Morgan fingerprint density at radius 2 is 2.13 bits per heavy atom. The number of hydrogen-bond acceptors (Lipinski definition) is 3. The molecule has 15 heavy (non-hydrogen) atoms. The highest BCUT2D eigenvalue weighted by molar-refractivity contribution is 5.87. The van der Waals surface area contributed by atoms with Gasteiger partial charge in [-0.3, -0.25) is 4.79 Å². The van der Waals surface area contributed by atoms with E-state index in [1.54, 1.807) is 0 Å². The Morgan fingerprint density at radius 1 is 1.40 bits per heavy atom. The van der Waals surface area contributed by atoms with Crippen LogP contribution in [0.3, 0.4) is 0 Å². The first-order valence-electron chi connectivity index (χ1n) is 5.21. The Bertz CT molecular complexity index is 331. The fraction of sp³-hybridized carbons (Fsp3) is 0.417. The number of hydrogen-bond donors (Lipinski definition) is 1. The van der Waals surface area contributed by atoms with Gasteiger partial charge in [0.1, 0.15) is 0 Å². The van der Waals surface area contributed by atoms with Crippen LogP contribution in [0.2, 0.25) is 0 Å². The van der Waals surface area contributed by atoms with Crippen LogP contribution < -0.4 is 5.73 Å². The summed E-state index contributed by atoms with van der Waals surface area (Å²) in [7, 11) is 0. The quantitative estimate of drug-likeness (QED) is 0.809. The van der Waals surface area contributed by atoms with Crippen LogP contribution in [-0.2, 0) is 9.53 Å². The summed E-state index contributed by atoms with van der Waals surface area (Å²) in [5.74, 6) is 0.0823. The second-order valence-corrected chi connectivity index (χ2v) is 3.85. The molecule has 80 valence electrons. The van der Waals surface area contributed by atoms with E-state index in [0.717, 1.165) is 12.0 Å². The Morgan fingerprint density at radius 3 is 2.73 bits per heavy atom. The van der Waals surface area contributed by atoms with Gasteiger partial charge >= 0.3 is 0 Å². The second-order valence-electron chi connectivity index (χ2n) is 3.85. The number of rotatable bonds is 3. The summed E-state index contributed by atoms with van der Waals surface area (Å²) < 4.78 is 5.19. The molecule has 1 aromatic rings. The van der Waals surface area contributed by atoms with E-state index in [0.29, 0.717) is 13.2 Å². The first-order chi connectivity index (χ1) is 7.29. The fourth-order valence-corrected chi connectivity index (χ4v) is 1.84. The third-order valence-corrected chi connectivity index (χ3v) is 2.80. The maximum absolute atomic E-state index is 11.9. The van der Waals surface area contributed by atoms with Gasteiger partial charge in [-0.25, -0.2) is 0 Å². The van der Waals surface area contributed by atoms with Crippen LogP contribution in [0.4, 0.5) is 0 Å². The Labute approximate surface area is 89.2 Å². The largest absolute Gasteiger partial charge is 0.381 e. The van der Waals surface area contributed by atoms with Crippen molar-refractivity contribution in [3.63, 3.8) is 0 Å². The van der Waals surface area contributed by atoms with Crippen molar-refractivity contribution in [2.45, 2.75) is 12.5 Å². The predicted molar refractivity (Wildman–Crippen MR) is 57.3 cm³/mol. The van der Waals surface area contributed by atoms with Crippen molar-refractivity contribution in [2.75, 3.05) is 13.2 Å². The molecule has 1 aromatic carbocycles. The summed E-state index contributed by atoms with van der Waals surface area (Å²) in [4.78, 5) is 11.9. The van der Waals surface area contributed by atoms with E-state index in [-0.39, 0.29) is 11.7 Å². The van der Waals surface area contributed by atoms with Crippen LogP contribution in [0.1, 0.15) is 18.0 Å². The summed E-state index contributed by atoms with van der Waals surface area (Å²) in [6.07, 6.45) is 0.805. The molecular weight excluding hydrogens is 190 g/mol. The fourth-order valence-electron chi connectivity index (χ4n) is 1.84. The van der Waals surface area contributed by atoms with Gasteiger partial charge in [0.15, 0.2) is 5.78 Å². The van der Waals surface area contributed by atoms with Gasteiger partial charge in [-0.2, -0.15) is 0 Å². The molecule has 2 atom stereocenters. The van der Waals surface area contributed by atoms with Gasteiger partial charge in [-0.15, -0.1) is 0 Å². The van der Waals surface area contributed by atoms with Gasteiger partial charge in [0.25, 0.3) is 0 Å². The summed E-state index contributed by atoms with van der Waals surface area (Å²) in [6, 6.07) is 8.98. The van der Waals surface area contributed by atoms with Crippen molar-refractivity contribution in [3.8, 4) is 0 Å². The summed E-state index contributed by atoms with van der Waals surface area (Å²) in [5.41, 5.74) is 6.80. The van der Waals surface area contributed by atoms with Gasteiger partial charge in [-0.05, 0) is 12.0 Å². The zero-order valence-corrected chi connectivity index (χ0v) is 8.56. The third-order valence-electron chi connectivity index (χ3n) is 2.80. The number of carbonyl (C=O) groups excluding carboxylic acids is 1. The number of benzene rings is 1. The molecule has 3 nitrogen and oxygen atoms in total. The molecule has 0 saturated carbocycles. The molecule has 1 aliphatic heterocycles. The van der Waals surface area contributed by atoms with Gasteiger partial charge in [0.2, 0.25) is 0 Å². The van der Waals surface area contributed by atoms with Crippen LogP contribution >= 0.6 is 0 Å². The molecule has 1 fully saturated rings. The molecule has 0 bridgehead atoms.